The number of hydrogen-bond donors (Lipinski definition) is 1. The summed E-state index contributed by atoms with van der Waals surface area (Å²) in [5.74, 6) is -2.27. The molecule has 0 radical (unpaired) electrons. The molecule has 1 aliphatic heterocycles. The van der Waals surface area contributed by atoms with E-state index in [1.165, 1.54) is 24.1 Å². The van der Waals surface area contributed by atoms with Crippen molar-refractivity contribution in [1.29, 1.82) is 0 Å². The van der Waals surface area contributed by atoms with Gasteiger partial charge in [-0.3, -0.25) is 4.79 Å². The number of aromatic amines is 1. The highest BCUT2D eigenvalue weighted by molar-refractivity contribution is 5.87. The van der Waals surface area contributed by atoms with E-state index in [-0.39, 0.29) is 31.0 Å². The minimum Gasteiger partial charge on any atom is -0.354 e. The van der Waals surface area contributed by atoms with Crippen LogP contribution in [0, 0.1) is 12.5 Å². The van der Waals surface area contributed by atoms with Crippen molar-refractivity contribution in [2.75, 3.05) is 31.5 Å². The number of hydrogen-bond acceptors (Lipinski definition) is 4. The van der Waals surface area contributed by atoms with Crippen LogP contribution in [-0.2, 0) is 4.79 Å². The van der Waals surface area contributed by atoms with E-state index in [0.717, 1.165) is 4.90 Å². The molecule has 1 aliphatic rings. The second-order valence-corrected chi connectivity index (χ2v) is 5.33. The van der Waals surface area contributed by atoms with E-state index >= 15 is 0 Å². The maximum atomic E-state index is 12.3. The van der Waals surface area contributed by atoms with Crippen LogP contribution in [-0.4, -0.2) is 58.4 Å². The van der Waals surface area contributed by atoms with E-state index < -0.39 is 37.6 Å². The summed E-state index contributed by atoms with van der Waals surface area (Å²) in [7, 11) is 0. The first kappa shape index (κ1) is 9.50. The lowest BCUT2D eigenvalue weighted by molar-refractivity contribution is -0.130. The van der Waals surface area contributed by atoms with Gasteiger partial charge >= 0.3 is 5.91 Å². The summed E-state index contributed by atoms with van der Waals surface area (Å²) in [5, 5.41) is 0.296. The van der Waals surface area contributed by atoms with Crippen molar-refractivity contribution in [3.8, 4) is 0 Å². The molecule has 1 saturated heterocycles. The molecule has 0 aliphatic carbocycles. The molecule has 0 spiro atoms. The summed E-state index contributed by atoms with van der Waals surface area (Å²) in [5.41, 5.74) is 0.237. The maximum absolute atomic E-state index is 12.3. The third-order valence-electron chi connectivity index (χ3n) is 3.92. The number of anilines is 1. The van der Waals surface area contributed by atoms with Gasteiger partial charge in [-0.1, -0.05) is 6.92 Å². The molecule has 3 heterocycles. The Kier molecular flexibility index (Phi) is 2.58. The highest BCUT2D eigenvalue weighted by Crippen LogP contribution is 2.28. The number of nitrogens with one attached hydrogen (secondary N) is 1. The van der Waals surface area contributed by atoms with Crippen LogP contribution < -0.4 is 4.90 Å². The van der Waals surface area contributed by atoms with E-state index in [1.54, 1.807) is 0 Å². The number of piperidine rings is 1. The molecule has 0 bridgehead atoms. The average Bonchev–Trinajstić information content (AvgIpc) is 3.05. The Hall–Kier alpha value is -2.62. The molecule has 1 N–H and O–H groups in total. The minimum atomic E-state index is -2.89. The lowest BCUT2D eigenvalue weighted by Crippen LogP contribution is -2.53. The van der Waals surface area contributed by atoms with Crippen LogP contribution in [0.2, 0.25) is 0 Å². The Balaban J connectivity index is 2.20. The molecule has 3 rings (SSSR count). The molecule has 120 valence electrons. The molecule has 2 aromatic rings. The van der Waals surface area contributed by atoms with Gasteiger partial charge in [0.15, 0.2) is 0 Å². The minimum absolute atomic E-state index is 0.0436. The molecular weight excluding hydrogens is 292 g/mol. The number of aromatic nitrogens is 3. The fraction of sp³-hybridized carbons (Fsp3) is 0.500. The zero-order valence-corrected chi connectivity index (χ0v) is 12.6. The van der Waals surface area contributed by atoms with E-state index in [4.69, 9.17) is 14.8 Å². The van der Waals surface area contributed by atoms with Crippen molar-refractivity contribution in [1.82, 2.24) is 19.9 Å². The van der Waals surface area contributed by atoms with Crippen molar-refractivity contribution in [2.24, 2.45) is 5.89 Å². The Morgan fingerprint density at radius 2 is 2.61 bits per heavy atom. The molecular formula is C16H20N6O. The van der Waals surface area contributed by atoms with Gasteiger partial charge in [0.2, 0.25) is 0 Å². The van der Waals surface area contributed by atoms with E-state index in [0.29, 0.717) is 5.39 Å². The van der Waals surface area contributed by atoms with E-state index in [1.807, 2.05) is 0 Å². The second-order valence-electron chi connectivity index (χ2n) is 5.33. The Morgan fingerprint density at radius 3 is 3.39 bits per heavy atom. The van der Waals surface area contributed by atoms with Crippen LogP contribution in [0.5, 0.6) is 0 Å². The SMILES string of the molecule is [2H]c1nc(N(C([2H])([2H])[2H])[C@@]2([2H])CN(C(=O)C[N+]#[C-])CC[C@@]2([2H])C)c2cc[nH]c2n1. The monoisotopic (exact) mass is 318 g/mol. The average molecular weight is 318 g/mol. The molecule has 7 nitrogen and oxygen atoms in total. The summed E-state index contributed by atoms with van der Waals surface area (Å²) in [6.07, 6.45) is 1.13. The van der Waals surface area contributed by atoms with Gasteiger partial charge in [0.1, 0.15) is 19.1 Å². The zero-order chi connectivity index (χ0) is 21.6. The highest BCUT2D eigenvalue weighted by Gasteiger charge is 2.33. The number of carbonyl (C=O) groups excluding carboxylic acids is 1. The zero-order valence-electron chi connectivity index (χ0n) is 18.6. The standard InChI is InChI=1S/C16H20N6O/c1-11-5-7-22(14(23)8-17-2)9-13(11)21(3)16-12-4-6-18-15(12)19-10-20-16/h4,6,10-11,13H,5,7-9H2,1,3H3,(H,18,19,20)/t11-,13+/m1/s1/i3D3,10D,11D,13D. The van der Waals surface area contributed by atoms with Crippen molar-refractivity contribution >= 4 is 22.8 Å². The third kappa shape index (κ3) is 2.84. The first-order valence-electron chi connectivity index (χ1n) is 10.1. The van der Waals surface area contributed by atoms with E-state index in [9.17, 15) is 4.79 Å². The summed E-state index contributed by atoms with van der Waals surface area (Å²) in [4.78, 5) is 28.0. The number of nitrogens with zero attached hydrogens (tertiary/aromatic N) is 5. The molecule has 0 saturated carbocycles. The largest absolute Gasteiger partial charge is 0.354 e. The number of rotatable bonds is 3. The van der Waals surface area contributed by atoms with Crippen LogP contribution in [0.3, 0.4) is 0 Å². The molecule has 7 heteroatoms. The molecule has 1 fully saturated rings. The number of fused-ring (bicyclic) bond motifs is 1. The third-order valence-corrected chi connectivity index (χ3v) is 3.92. The van der Waals surface area contributed by atoms with Gasteiger partial charge in [-0.2, -0.15) is 0 Å². The fourth-order valence-corrected chi connectivity index (χ4v) is 2.60. The number of likely N-dealkylation sites (N-methyl/N-ethyl adjacent to an activating group) is 1. The Bertz CT molecular complexity index is 982. The van der Waals surface area contributed by atoms with Gasteiger partial charge in [-0.05, 0) is 18.4 Å². The summed E-state index contributed by atoms with van der Waals surface area (Å²) < 4.78 is 49.9. The number of carbonyl (C=O) groups is 1. The fourth-order valence-electron chi connectivity index (χ4n) is 2.60. The van der Waals surface area contributed by atoms with Crippen LogP contribution in [0.25, 0.3) is 15.9 Å². The van der Waals surface area contributed by atoms with Gasteiger partial charge in [-0.15, -0.1) is 0 Å². The second kappa shape index (κ2) is 6.24. The van der Waals surface area contributed by atoms with Crippen LogP contribution >= 0.6 is 0 Å². The van der Waals surface area contributed by atoms with Gasteiger partial charge in [0, 0.05) is 31.7 Å². The lowest BCUT2D eigenvalue weighted by Gasteiger charge is -2.41. The predicted octanol–water partition coefficient (Wildman–Crippen LogP) is 1.55. The van der Waals surface area contributed by atoms with Crippen molar-refractivity contribution in [2.45, 2.75) is 19.4 Å². The molecule has 0 unspecified atom stereocenters. The van der Waals surface area contributed by atoms with Crippen LogP contribution in [0.15, 0.2) is 18.6 Å². The number of likely N-dealkylation sites (tertiary alicyclic amines) is 1. The first-order valence-corrected chi connectivity index (χ1v) is 7.14. The normalized spacial score (nSPS) is 31.9. The van der Waals surface area contributed by atoms with Crippen molar-refractivity contribution in [3.63, 3.8) is 0 Å². The lowest BCUT2D eigenvalue weighted by atomic mass is 9.92. The Labute approximate surface area is 143 Å². The molecule has 23 heavy (non-hydrogen) atoms. The van der Waals surface area contributed by atoms with Gasteiger partial charge in [0.25, 0.3) is 6.54 Å². The van der Waals surface area contributed by atoms with Gasteiger partial charge in [0.05, 0.1) is 12.8 Å². The van der Waals surface area contributed by atoms with Crippen LogP contribution in [0.4, 0.5) is 5.82 Å². The van der Waals surface area contributed by atoms with Gasteiger partial charge < -0.3 is 19.6 Å². The summed E-state index contributed by atoms with van der Waals surface area (Å²) >= 11 is 0. The Morgan fingerprint density at radius 1 is 1.74 bits per heavy atom. The van der Waals surface area contributed by atoms with Crippen molar-refractivity contribution < 1.29 is 13.0 Å². The predicted molar refractivity (Wildman–Crippen MR) is 87.9 cm³/mol. The number of amides is 1. The quantitative estimate of drug-likeness (QED) is 0.872. The number of H-pyrrole nitrogens is 1. The molecule has 2 atom stereocenters. The smallest absolute Gasteiger partial charge is 0.302 e. The maximum Gasteiger partial charge on any atom is 0.302 e. The van der Waals surface area contributed by atoms with Crippen molar-refractivity contribution in [3.05, 3.63) is 30.0 Å². The summed E-state index contributed by atoms with van der Waals surface area (Å²) in [6, 6.07) is -0.572. The van der Waals surface area contributed by atoms with Gasteiger partial charge in [-0.25, -0.2) is 16.5 Å². The van der Waals surface area contributed by atoms with E-state index in [2.05, 4.69) is 19.8 Å². The van der Waals surface area contributed by atoms with Crippen LogP contribution in [0.1, 0.15) is 21.6 Å². The molecule has 2 aromatic heterocycles. The molecule has 0 aromatic carbocycles. The molecule has 1 amide bonds. The highest BCUT2D eigenvalue weighted by atomic mass is 16.2. The first-order chi connectivity index (χ1) is 13.4. The topological polar surface area (TPSA) is 69.5 Å². The summed E-state index contributed by atoms with van der Waals surface area (Å²) in [6.45, 7) is 4.81.